The van der Waals surface area contributed by atoms with Crippen molar-refractivity contribution in [3.63, 3.8) is 0 Å². The van der Waals surface area contributed by atoms with Gasteiger partial charge in [-0.2, -0.15) is 0 Å². The van der Waals surface area contributed by atoms with Crippen LogP contribution in [0.5, 0.6) is 0 Å². The van der Waals surface area contributed by atoms with E-state index in [1.165, 1.54) is 0 Å². The van der Waals surface area contributed by atoms with Crippen LogP contribution in [-0.4, -0.2) is 29.0 Å². The summed E-state index contributed by atoms with van der Waals surface area (Å²) in [6.07, 6.45) is 2.56. The van der Waals surface area contributed by atoms with E-state index in [-0.39, 0.29) is 5.91 Å². The summed E-state index contributed by atoms with van der Waals surface area (Å²) in [6.45, 7) is 8.62. The van der Waals surface area contributed by atoms with E-state index in [0.29, 0.717) is 11.2 Å². The van der Waals surface area contributed by atoms with E-state index in [4.69, 9.17) is 18.1 Å². The first-order chi connectivity index (χ1) is 12.5. The topological polar surface area (TPSA) is 63.3 Å². The Kier molecular flexibility index (Phi) is 9.02. The van der Waals surface area contributed by atoms with E-state index in [0.717, 1.165) is 23.2 Å². The van der Waals surface area contributed by atoms with Crippen molar-refractivity contribution in [1.29, 1.82) is 0 Å². The summed E-state index contributed by atoms with van der Waals surface area (Å²) in [5, 5.41) is 0. The molecule has 0 bridgehead atoms. The molecule has 1 aromatic carbocycles. The molecular formula is C20H30N4OS. The predicted molar refractivity (Wildman–Crippen MR) is 112 cm³/mol. The van der Waals surface area contributed by atoms with Crippen LogP contribution >= 0.6 is 12.2 Å². The third-order valence-corrected chi connectivity index (χ3v) is 4.66. The van der Waals surface area contributed by atoms with Crippen LogP contribution in [0.15, 0.2) is 42.6 Å². The predicted octanol–water partition coefficient (Wildman–Crippen LogP) is 4.16. The molecule has 3 N–H and O–H groups in total. The minimum atomic E-state index is -0.485. The number of rotatable bonds is 6. The van der Waals surface area contributed by atoms with Crippen molar-refractivity contribution in [1.82, 2.24) is 9.47 Å². The molecule has 2 rings (SSSR count). The molecule has 0 spiro atoms. The number of amides is 1. The van der Waals surface area contributed by atoms with Gasteiger partial charge in [0.05, 0.1) is 5.69 Å². The average Bonchev–Trinajstić information content (AvgIpc) is 2.70. The van der Waals surface area contributed by atoms with Gasteiger partial charge in [-0.05, 0) is 25.0 Å². The molecule has 0 saturated carbocycles. The smallest absolute Gasteiger partial charge is 0.250 e. The lowest BCUT2D eigenvalue weighted by Crippen LogP contribution is -2.35. The Morgan fingerprint density at radius 3 is 2.35 bits per heavy atom. The summed E-state index contributed by atoms with van der Waals surface area (Å²) in [4.78, 5) is 14.7. The Bertz CT molecular complexity index is 758. The lowest BCUT2D eigenvalue weighted by atomic mass is 10.0. The number of nitrogens with two attached hydrogens (primary N) is 1. The van der Waals surface area contributed by atoms with E-state index in [1.54, 1.807) is 11.9 Å². The molecule has 26 heavy (non-hydrogen) atoms. The van der Waals surface area contributed by atoms with E-state index in [9.17, 15) is 4.79 Å². The van der Waals surface area contributed by atoms with Crippen molar-refractivity contribution < 1.29 is 4.79 Å². The Balaban J connectivity index is 0.00000163. The number of hydrazine groups is 1. The number of aromatic nitrogens is 1. The van der Waals surface area contributed by atoms with Gasteiger partial charge in [0.25, 0.3) is 0 Å². The van der Waals surface area contributed by atoms with Crippen LogP contribution in [0.4, 0.5) is 5.69 Å². The number of pyridine rings is 1. The van der Waals surface area contributed by atoms with E-state index in [2.05, 4.69) is 5.43 Å². The fourth-order valence-electron chi connectivity index (χ4n) is 2.70. The van der Waals surface area contributed by atoms with E-state index < -0.39 is 6.04 Å². The van der Waals surface area contributed by atoms with Gasteiger partial charge in [-0.15, -0.1) is 0 Å². The molecule has 1 atom stereocenters. The molecule has 1 amide bonds. The van der Waals surface area contributed by atoms with Crippen molar-refractivity contribution in [3.05, 3.63) is 58.4 Å². The molecule has 2 aromatic rings. The van der Waals surface area contributed by atoms with Crippen LogP contribution in [-0.2, 0) is 11.2 Å². The maximum absolute atomic E-state index is 13.0. The van der Waals surface area contributed by atoms with E-state index in [1.807, 2.05) is 74.9 Å². The Morgan fingerprint density at radius 2 is 1.85 bits per heavy atom. The highest BCUT2D eigenvalue weighted by atomic mass is 32.1. The number of nitrogen functional groups attached to an aromatic ring is 1. The Hall–Kier alpha value is -2.18. The monoisotopic (exact) mass is 374 g/mol. The van der Waals surface area contributed by atoms with Gasteiger partial charge in [0, 0.05) is 25.4 Å². The van der Waals surface area contributed by atoms with Gasteiger partial charge in [-0.3, -0.25) is 10.6 Å². The molecule has 0 aliphatic carbocycles. The van der Waals surface area contributed by atoms with Gasteiger partial charge < -0.3 is 14.9 Å². The number of benzene rings is 1. The Labute approximate surface area is 161 Å². The number of hydrogen-bond donors (Lipinski definition) is 2. The summed E-state index contributed by atoms with van der Waals surface area (Å²) < 4.78 is 2.48. The zero-order valence-corrected chi connectivity index (χ0v) is 17.1. The minimum Gasteiger partial charge on any atom is -0.344 e. The molecule has 0 saturated heterocycles. The van der Waals surface area contributed by atoms with Gasteiger partial charge in [0.2, 0.25) is 5.91 Å². The number of nitrogens with one attached hydrogen (secondary N) is 1. The fourth-order valence-corrected chi connectivity index (χ4v) is 3.12. The molecule has 0 aliphatic heterocycles. The van der Waals surface area contributed by atoms with Gasteiger partial charge in [-0.25, -0.2) is 0 Å². The van der Waals surface area contributed by atoms with Crippen LogP contribution in [0.3, 0.4) is 0 Å². The number of carbonyl (C=O) groups is 1. The van der Waals surface area contributed by atoms with E-state index >= 15 is 0 Å². The molecule has 1 heterocycles. The zero-order valence-electron chi connectivity index (χ0n) is 16.3. The SMILES string of the molecule is CC.CCc1c(NN)ccn(C(C(=O)N(C)CC)c2ccccc2)c1=S. The van der Waals surface area contributed by atoms with Crippen molar-refractivity contribution in [2.24, 2.45) is 5.84 Å². The standard InChI is InChI=1S/C18H24N4OS.C2H6/c1-4-14-15(20-19)11-12-22(18(14)24)16(17(23)21(3)5-2)13-9-7-6-8-10-13;1-2/h6-12,16,20H,4-5,19H2,1-3H3;1-2H3. The quantitative estimate of drug-likeness (QED) is 0.453. The molecule has 0 aliphatic rings. The lowest BCUT2D eigenvalue weighted by Gasteiger charge is -2.26. The molecule has 6 heteroatoms. The molecule has 1 aromatic heterocycles. The zero-order chi connectivity index (χ0) is 19.7. The van der Waals surface area contributed by atoms with Gasteiger partial charge >= 0.3 is 0 Å². The lowest BCUT2D eigenvalue weighted by molar-refractivity contribution is -0.132. The van der Waals surface area contributed by atoms with Crippen LogP contribution in [0.1, 0.15) is 44.9 Å². The highest BCUT2D eigenvalue weighted by Crippen LogP contribution is 2.25. The van der Waals surface area contributed by atoms with Crippen LogP contribution < -0.4 is 11.3 Å². The van der Waals surface area contributed by atoms with Gasteiger partial charge in [-0.1, -0.05) is 63.3 Å². The number of carbonyl (C=O) groups excluding carboxylic acids is 1. The maximum Gasteiger partial charge on any atom is 0.250 e. The third kappa shape index (κ3) is 4.71. The molecule has 0 radical (unpaired) electrons. The third-order valence-electron chi connectivity index (χ3n) is 4.21. The van der Waals surface area contributed by atoms with Crippen molar-refractivity contribution in [3.8, 4) is 0 Å². The second kappa shape index (κ2) is 10.7. The van der Waals surface area contributed by atoms with Crippen molar-refractivity contribution in [2.45, 2.75) is 40.2 Å². The largest absolute Gasteiger partial charge is 0.344 e. The minimum absolute atomic E-state index is 0.00955. The fraction of sp³-hybridized carbons (Fsp3) is 0.400. The molecule has 0 fully saturated rings. The summed E-state index contributed by atoms with van der Waals surface area (Å²) in [6, 6.07) is 11.1. The number of nitrogens with zero attached hydrogens (tertiary/aromatic N) is 2. The second-order valence-corrected chi connectivity index (χ2v) is 5.97. The summed E-state index contributed by atoms with van der Waals surface area (Å²) >= 11 is 5.66. The molecule has 142 valence electrons. The number of hydrogen-bond acceptors (Lipinski definition) is 4. The van der Waals surface area contributed by atoms with Crippen molar-refractivity contribution >= 4 is 23.8 Å². The average molecular weight is 375 g/mol. The van der Waals surface area contributed by atoms with Gasteiger partial charge in [0.15, 0.2) is 0 Å². The first-order valence-corrected chi connectivity index (χ1v) is 9.46. The highest BCUT2D eigenvalue weighted by molar-refractivity contribution is 7.71. The number of anilines is 1. The van der Waals surface area contributed by atoms with Crippen LogP contribution in [0.2, 0.25) is 0 Å². The first kappa shape index (κ1) is 21.9. The van der Waals surface area contributed by atoms with Crippen LogP contribution in [0.25, 0.3) is 0 Å². The first-order valence-electron chi connectivity index (χ1n) is 9.05. The highest BCUT2D eigenvalue weighted by Gasteiger charge is 2.25. The second-order valence-electron chi connectivity index (χ2n) is 5.58. The van der Waals surface area contributed by atoms with Crippen molar-refractivity contribution in [2.75, 3.05) is 19.0 Å². The Morgan fingerprint density at radius 1 is 1.23 bits per heavy atom. The summed E-state index contributed by atoms with van der Waals surface area (Å²) in [5.74, 6) is 5.59. The number of likely N-dealkylation sites (N-methyl/N-ethyl adjacent to an activating group) is 1. The summed E-state index contributed by atoms with van der Waals surface area (Å²) in [7, 11) is 1.80. The van der Waals surface area contributed by atoms with Gasteiger partial charge in [0.1, 0.15) is 10.7 Å². The maximum atomic E-state index is 13.0. The molecule has 1 unspecified atom stereocenters. The van der Waals surface area contributed by atoms with Crippen LogP contribution in [0, 0.1) is 4.64 Å². The summed E-state index contributed by atoms with van der Waals surface area (Å²) in [5.41, 5.74) is 5.32. The normalized spacial score (nSPS) is 11.2. The molecular weight excluding hydrogens is 344 g/mol. The molecule has 5 nitrogen and oxygen atoms in total.